The van der Waals surface area contributed by atoms with Crippen molar-refractivity contribution in [1.29, 1.82) is 0 Å². The smallest absolute Gasteiger partial charge is 0.252 e. The lowest BCUT2D eigenvalue weighted by Crippen LogP contribution is -2.38. The van der Waals surface area contributed by atoms with Gasteiger partial charge in [0.1, 0.15) is 5.82 Å². The number of amides is 1. The maximum atomic E-state index is 14.7. The zero-order valence-corrected chi connectivity index (χ0v) is 18.7. The van der Waals surface area contributed by atoms with Crippen LogP contribution in [0.3, 0.4) is 0 Å². The van der Waals surface area contributed by atoms with Crippen molar-refractivity contribution in [2.75, 3.05) is 16.4 Å². The van der Waals surface area contributed by atoms with Gasteiger partial charge in [0.15, 0.2) is 15.0 Å². The third-order valence-electron chi connectivity index (χ3n) is 4.89. The van der Waals surface area contributed by atoms with Gasteiger partial charge >= 0.3 is 0 Å². The number of nitrogens with zero attached hydrogens (tertiary/aromatic N) is 2. The summed E-state index contributed by atoms with van der Waals surface area (Å²) in [5.41, 5.74) is 2.13. The second-order valence-electron chi connectivity index (χ2n) is 7.22. The number of anilines is 1. The van der Waals surface area contributed by atoms with Crippen LogP contribution in [0.25, 0.3) is 0 Å². The van der Waals surface area contributed by atoms with Crippen LogP contribution < -0.4 is 4.90 Å². The second-order valence-corrected chi connectivity index (χ2v) is 11.5. The fourth-order valence-electron chi connectivity index (χ4n) is 3.67. The molecule has 0 saturated carbocycles. The van der Waals surface area contributed by atoms with Crippen molar-refractivity contribution in [3.05, 3.63) is 63.9 Å². The molecule has 1 amide bonds. The normalized spacial score (nSPS) is 24.1. The number of fused-ring (bicyclic) bond motifs is 1. The van der Waals surface area contributed by atoms with E-state index in [2.05, 4.69) is 20.9 Å². The lowest BCUT2D eigenvalue weighted by atomic mass is 10.1. The molecular formula is C20H18BrFN2O3S2. The molecule has 9 heteroatoms. The van der Waals surface area contributed by atoms with Crippen LogP contribution in [0.4, 0.5) is 10.1 Å². The van der Waals surface area contributed by atoms with E-state index in [1.807, 2.05) is 31.2 Å². The van der Waals surface area contributed by atoms with Crippen LogP contribution in [0.2, 0.25) is 0 Å². The van der Waals surface area contributed by atoms with Crippen LogP contribution in [0, 0.1) is 12.7 Å². The Morgan fingerprint density at radius 3 is 2.79 bits per heavy atom. The van der Waals surface area contributed by atoms with Crippen molar-refractivity contribution in [1.82, 2.24) is 0 Å². The highest BCUT2D eigenvalue weighted by atomic mass is 79.9. The Labute approximate surface area is 181 Å². The second kappa shape index (κ2) is 7.85. The number of hydrogen-bond acceptors (Lipinski definition) is 4. The number of hydrogen-bond donors (Lipinski definition) is 0. The summed E-state index contributed by atoms with van der Waals surface area (Å²) in [4.78, 5) is 18.4. The first-order chi connectivity index (χ1) is 13.7. The summed E-state index contributed by atoms with van der Waals surface area (Å²) in [6, 6.07) is 11.8. The van der Waals surface area contributed by atoms with Gasteiger partial charge in [-0.15, -0.1) is 0 Å². The first-order valence-corrected chi connectivity index (χ1v) is 12.5. The summed E-state index contributed by atoms with van der Waals surface area (Å²) in [6.45, 7) is 1.95. The summed E-state index contributed by atoms with van der Waals surface area (Å²) in [5, 5.41) is 0.0855. The summed E-state index contributed by atoms with van der Waals surface area (Å²) in [7, 11) is -3.21. The van der Waals surface area contributed by atoms with Gasteiger partial charge in [-0.2, -0.15) is 4.99 Å². The SMILES string of the molecule is Cc1cccc(CC(=O)N=C2S[C@H]3CS(=O)(=O)C[C@@H]3N2c2ccc(Br)cc2F)c1. The number of thioether (sulfide) groups is 1. The molecule has 2 fully saturated rings. The van der Waals surface area contributed by atoms with Gasteiger partial charge in [0, 0.05) is 9.72 Å². The van der Waals surface area contributed by atoms with Crippen LogP contribution in [0.15, 0.2) is 51.9 Å². The summed E-state index contributed by atoms with van der Waals surface area (Å²) in [5.74, 6) is -0.917. The molecule has 2 atom stereocenters. The van der Waals surface area contributed by atoms with E-state index in [0.29, 0.717) is 9.64 Å². The summed E-state index contributed by atoms with van der Waals surface area (Å²) in [6.07, 6.45) is 0.135. The molecule has 2 aliphatic heterocycles. The Balaban J connectivity index is 1.67. The lowest BCUT2D eigenvalue weighted by Gasteiger charge is -2.25. The summed E-state index contributed by atoms with van der Waals surface area (Å²) < 4.78 is 39.5. The fourth-order valence-corrected chi connectivity index (χ4v) is 7.92. The quantitative estimate of drug-likeness (QED) is 0.647. The average molecular weight is 497 g/mol. The highest BCUT2D eigenvalue weighted by Gasteiger charge is 2.50. The number of carbonyl (C=O) groups is 1. The van der Waals surface area contributed by atoms with Gasteiger partial charge in [0.2, 0.25) is 0 Å². The molecule has 2 aromatic rings. The molecule has 4 rings (SSSR count). The highest BCUT2D eigenvalue weighted by Crippen LogP contribution is 2.42. The number of benzene rings is 2. The molecule has 0 radical (unpaired) electrons. The van der Waals surface area contributed by atoms with Gasteiger partial charge in [0.05, 0.1) is 29.7 Å². The van der Waals surface area contributed by atoms with Crippen LogP contribution >= 0.6 is 27.7 Å². The van der Waals surface area contributed by atoms with Crippen molar-refractivity contribution in [2.24, 2.45) is 4.99 Å². The van der Waals surface area contributed by atoms with Crippen molar-refractivity contribution in [3.8, 4) is 0 Å². The number of sulfone groups is 1. The molecule has 0 spiro atoms. The fraction of sp³-hybridized carbons (Fsp3) is 0.300. The van der Waals surface area contributed by atoms with Gasteiger partial charge < -0.3 is 4.90 Å². The number of carbonyl (C=O) groups excluding carboxylic acids is 1. The molecule has 152 valence electrons. The predicted molar refractivity (Wildman–Crippen MR) is 118 cm³/mol. The van der Waals surface area contributed by atoms with Crippen LogP contribution in [-0.4, -0.2) is 42.3 Å². The minimum Gasteiger partial charge on any atom is -0.313 e. The van der Waals surface area contributed by atoms with E-state index < -0.39 is 21.7 Å². The first-order valence-electron chi connectivity index (χ1n) is 9.00. The third kappa shape index (κ3) is 4.41. The molecule has 0 bridgehead atoms. The molecule has 0 N–H and O–H groups in total. The number of halogens is 2. The molecule has 2 aromatic carbocycles. The lowest BCUT2D eigenvalue weighted by molar-refractivity contribution is -0.117. The molecule has 29 heavy (non-hydrogen) atoms. The molecule has 0 unspecified atom stereocenters. The van der Waals surface area contributed by atoms with Gasteiger partial charge in [-0.25, -0.2) is 12.8 Å². The van der Waals surface area contributed by atoms with Gasteiger partial charge in [-0.05, 0) is 30.7 Å². The Morgan fingerprint density at radius 1 is 1.28 bits per heavy atom. The third-order valence-corrected chi connectivity index (χ3v) is 8.60. The minimum atomic E-state index is -3.21. The first kappa shape index (κ1) is 20.6. The largest absolute Gasteiger partial charge is 0.313 e. The van der Waals surface area contributed by atoms with Gasteiger partial charge in [-0.3, -0.25) is 4.79 Å². The van der Waals surface area contributed by atoms with Crippen molar-refractivity contribution < 1.29 is 17.6 Å². The standard InChI is InChI=1S/C20H18BrFN2O3S2/c1-12-3-2-4-13(7-12)8-19(25)23-20-24(16-6-5-14(21)9-15(16)22)17-10-29(26,27)11-18(17)28-20/h2-7,9,17-18H,8,10-11H2,1H3/t17-,18-/m0/s1. The van der Waals surface area contributed by atoms with Gasteiger partial charge in [0.25, 0.3) is 5.91 Å². The summed E-state index contributed by atoms with van der Waals surface area (Å²) >= 11 is 4.47. The van der Waals surface area contributed by atoms with E-state index in [9.17, 15) is 17.6 Å². The topological polar surface area (TPSA) is 66.8 Å². The number of aliphatic imine (C=N–C) groups is 1. The molecule has 0 aromatic heterocycles. The molecule has 2 saturated heterocycles. The minimum absolute atomic E-state index is 0.00205. The van der Waals surface area contributed by atoms with Crippen LogP contribution in [-0.2, 0) is 21.1 Å². The average Bonchev–Trinajstić information content (AvgIpc) is 3.06. The Morgan fingerprint density at radius 2 is 2.07 bits per heavy atom. The van der Waals surface area contributed by atoms with Crippen molar-refractivity contribution in [2.45, 2.75) is 24.6 Å². The van der Waals surface area contributed by atoms with Crippen molar-refractivity contribution >= 4 is 54.3 Å². The van der Waals surface area contributed by atoms with E-state index in [4.69, 9.17) is 0 Å². The van der Waals surface area contributed by atoms with E-state index in [-0.39, 0.29) is 34.8 Å². The molecule has 5 nitrogen and oxygen atoms in total. The van der Waals surface area contributed by atoms with Gasteiger partial charge in [-0.1, -0.05) is 57.5 Å². The number of amidine groups is 1. The number of aryl methyl sites for hydroxylation is 1. The zero-order valence-electron chi connectivity index (χ0n) is 15.5. The number of rotatable bonds is 3. The molecule has 0 aliphatic carbocycles. The van der Waals surface area contributed by atoms with E-state index in [1.165, 1.54) is 17.8 Å². The molecule has 2 heterocycles. The Bertz CT molecular complexity index is 1120. The maximum Gasteiger partial charge on any atom is 0.252 e. The van der Waals surface area contributed by atoms with Crippen LogP contribution in [0.5, 0.6) is 0 Å². The van der Waals surface area contributed by atoms with E-state index >= 15 is 0 Å². The molecule has 2 aliphatic rings. The zero-order chi connectivity index (χ0) is 20.8. The molecular weight excluding hydrogens is 479 g/mol. The van der Waals surface area contributed by atoms with E-state index in [0.717, 1.165) is 11.1 Å². The maximum absolute atomic E-state index is 14.7. The van der Waals surface area contributed by atoms with Crippen molar-refractivity contribution in [3.63, 3.8) is 0 Å². The Hall–Kier alpha value is -1.71. The highest BCUT2D eigenvalue weighted by molar-refractivity contribution is 9.10. The monoisotopic (exact) mass is 496 g/mol. The predicted octanol–water partition coefficient (Wildman–Crippen LogP) is 3.74. The Kier molecular flexibility index (Phi) is 5.56. The van der Waals surface area contributed by atoms with Crippen LogP contribution in [0.1, 0.15) is 11.1 Å². The van der Waals surface area contributed by atoms with E-state index in [1.54, 1.807) is 17.0 Å².